The minimum Gasteiger partial charge on any atom is -0.508 e. The Labute approximate surface area is 141 Å². The van der Waals surface area contributed by atoms with Crippen LogP contribution in [-0.2, 0) is 22.4 Å². The molecule has 0 heterocycles. The van der Waals surface area contributed by atoms with Crippen LogP contribution in [0.25, 0.3) is 0 Å². The van der Waals surface area contributed by atoms with Crippen LogP contribution in [0.1, 0.15) is 22.3 Å². The van der Waals surface area contributed by atoms with Gasteiger partial charge in [-0.25, -0.2) is 4.79 Å². The molecule has 5 heteroatoms. The molecule has 0 radical (unpaired) electrons. The first-order valence-electron chi connectivity index (χ1n) is 7.71. The molecular formula is C19H21NO4. The molecule has 0 aromatic heterocycles. The van der Waals surface area contributed by atoms with Gasteiger partial charge in [0.15, 0.2) is 0 Å². The summed E-state index contributed by atoms with van der Waals surface area (Å²) in [7, 11) is 0. The Morgan fingerprint density at radius 2 is 1.58 bits per heavy atom. The van der Waals surface area contributed by atoms with E-state index < -0.39 is 12.0 Å². The molecule has 3 N–H and O–H groups in total. The van der Waals surface area contributed by atoms with Crippen molar-refractivity contribution in [2.24, 2.45) is 0 Å². The number of nitrogens with one attached hydrogen (secondary N) is 1. The molecule has 2 aromatic carbocycles. The molecule has 1 atom stereocenters. The van der Waals surface area contributed by atoms with Crippen LogP contribution in [-0.4, -0.2) is 28.1 Å². The zero-order valence-electron chi connectivity index (χ0n) is 13.7. The van der Waals surface area contributed by atoms with Crippen LogP contribution in [0.2, 0.25) is 0 Å². The van der Waals surface area contributed by atoms with Gasteiger partial charge in [0, 0.05) is 6.42 Å². The molecule has 0 saturated carbocycles. The molecule has 0 unspecified atom stereocenters. The molecule has 0 aliphatic heterocycles. The lowest BCUT2D eigenvalue weighted by atomic mass is 10.0. The fourth-order valence-corrected chi connectivity index (χ4v) is 2.67. The highest BCUT2D eigenvalue weighted by Crippen LogP contribution is 2.12. The van der Waals surface area contributed by atoms with Crippen molar-refractivity contribution < 1.29 is 19.8 Å². The summed E-state index contributed by atoms with van der Waals surface area (Å²) in [5, 5.41) is 21.2. The lowest BCUT2D eigenvalue weighted by molar-refractivity contribution is -0.141. The highest BCUT2D eigenvalue weighted by molar-refractivity contribution is 5.85. The number of hydrogen-bond donors (Lipinski definition) is 3. The Kier molecular flexibility index (Phi) is 5.58. The summed E-state index contributed by atoms with van der Waals surface area (Å²) in [6.45, 7) is 3.92. The molecule has 0 aliphatic rings. The van der Waals surface area contributed by atoms with E-state index in [0.717, 1.165) is 22.3 Å². The molecule has 0 bridgehead atoms. The summed E-state index contributed by atoms with van der Waals surface area (Å²) in [4.78, 5) is 23.6. The number of carbonyl (C=O) groups is 2. The predicted octanol–water partition coefficient (Wildman–Crippen LogP) is 2.36. The maximum absolute atomic E-state index is 12.2. The van der Waals surface area contributed by atoms with Crippen LogP contribution in [0.4, 0.5) is 0 Å². The smallest absolute Gasteiger partial charge is 0.326 e. The highest BCUT2D eigenvalue weighted by atomic mass is 16.4. The van der Waals surface area contributed by atoms with E-state index in [2.05, 4.69) is 5.32 Å². The van der Waals surface area contributed by atoms with Crippen LogP contribution in [0, 0.1) is 13.8 Å². The summed E-state index contributed by atoms with van der Waals surface area (Å²) in [5.41, 5.74) is 3.72. The summed E-state index contributed by atoms with van der Waals surface area (Å²) in [6, 6.07) is 11.1. The second kappa shape index (κ2) is 7.64. The summed E-state index contributed by atoms with van der Waals surface area (Å²) in [6.07, 6.45) is 0.302. The minimum atomic E-state index is -1.09. The van der Waals surface area contributed by atoms with Gasteiger partial charge in [0.2, 0.25) is 5.91 Å². The Morgan fingerprint density at radius 1 is 1.00 bits per heavy atom. The van der Waals surface area contributed by atoms with Crippen LogP contribution in [0.5, 0.6) is 5.75 Å². The normalized spacial score (nSPS) is 11.8. The third kappa shape index (κ3) is 5.12. The van der Waals surface area contributed by atoms with Gasteiger partial charge >= 0.3 is 5.97 Å². The standard InChI is InChI=1S/C19H21NO4/c1-12-7-13(2)9-15(8-12)11-18(22)20-17(19(23)24)10-14-3-5-16(21)6-4-14/h3-9,17,21H,10-11H2,1-2H3,(H,20,22)(H,23,24)/t17-/m0/s1. The van der Waals surface area contributed by atoms with Gasteiger partial charge in [0.1, 0.15) is 11.8 Å². The largest absolute Gasteiger partial charge is 0.508 e. The Balaban J connectivity index is 2.02. The first-order valence-corrected chi connectivity index (χ1v) is 7.71. The fraction of sp³-hybridized carbons (Fsp3) is 0.263. The number of carbonyl (C=O) groups excluding carboxylic acids is 1. The number of hydrogen-bond acceptors (Lipinski definition) is 3. The van der Waals surface area contributed by atoms with Crippen molar-refractivity contribution in [2.45, 2.75) is 32.7 Å². The van der Waals surface area contributed by atoms with Crippen molar-refractivity contribution in [3.05, 3.63) is 64.7 Å². The number of rotatable bonds is 6. The van der Waals surface area contributed by atoms with Gasteiger partial charge in [0.05, 0.1) is 6.42 Å². The van der Waals surface area contributed by atoms with E-state index in [1.165, 1.54) is 12.1 Å². The molecular weight excluding hydrogens is 306 g/mol. The molecule has 24 heavy (non-hydrogen) atoms. The van der Waals surface area contributed by atoms with Crippen LogP contribution >= 0.6 is 0 Å². The van der Waals surface area contributed by atoms with Gasteiger partial charge < -0.3 is 15.5 Å². The molecule has 0 saturated heterocycles. The van der Waals surface area contributed by atoms with Gasteiger partial charge in [-0.3, -0.25) is 4.79 Å². The SMILES string of the molecule is Cc1cc(C)cc(CC(=O)N[C@@H](Cc2ccc(O)cc2)C(=O)O)c1. The average Bonchev–Trinajstić information content (AvgIpc) is 2.47. The monoisotopic (exact) mass is 327 g/mol. The van der Waals surface area contributed by atoms with Crippen molar-refractivity contribution in [2.75, 3.05) is 0 Å². The van der Waals surface area contributed by atoms with Gasteiger partial charge in [-0.2, -0.15) is 0 Å². The summed E-state index contributed by atoms with van der Waals surface area (Å²) < 4.78 is 0. The number of phenolic OH excluding ortho intramolecular Hbond substituents is 1. The molecule has 5 nitrogen and oxygen atoms in total. The Hall–Kier alpha value is -2.82. The van der Waals surface area contributed by atoms with E-state index in [-0.39, 0.29) is 24.5 Å². The van der Waals surface area contributed by atoms with Gasteiger partial charge in [0.25, 0.3) is 0 Å². The molecule has 0 fully saturated rings. The lowest BCUT2D eigenvalue weighted by Gasteiger charge is -2.15. The molecule has 126 valence electrons. The summed E-state index contributed by atoms with van der Waals surface area (Å²) >= 11 is 0. The lowest BCUT2D eigenvalue weighted by Crippen LogP contribution is -2.43. The van der Waals surface area contributed by atoms with Crippen molar-refractivity contribution in [3.63, 3.8) is 0 Å². The van der Waals surface area contributed by atoms with E-state index in [9.17, 15) is 19.8 Å². The number of amides is 1. The van der Waals surface area contributed by atoms with E-state index in [0.29, 0.717) is 0 Å². The first kappa shape index (κ1) is 17.5. The van der Waals surface area contributed by atoms with Crippen molar-refractivity contribution >= 4 is 11.9 Å². The number of benzene rings is 2. The number of aromatic hydroxyl groups is 1. The van der Waals surface area contributed by atoms with Crippen molar-refractivity contribution in [3.8, 4) is 5.75 Å². The van der Waals surface area contributed by atoms with Crippen LogP contribution < -0.4 is 5.32 Å². The first-order chi connectivity index (χ1) is 11.3. The second-order valence-corrected chi connectivity index (χ2v) is 6.00. The maximum atomic E-state index is 12.2. The van der Waals surface area contributed by atoms with Crippen LogP contribution in [0.3, 0.4) is 0 Å². The number of aliphatic carboxylic acids is 1. The molecule has 0 aliphatic carbocycles. The highest BCUT2D eigenvalue weighted by Gasteiger charge is 2.20. The number of aryl methyl sites for hydroxylation is 2. The third-order valence-electron chi connectivity index (χ3n) is 3.66. The van der Waals surface area contributed by atoms with Crippen LogP contribution in [0.15, 0.2) is 42.5 Å². The maximum Gasteiger partial charge on any atom is 0.326 e. The van der Waals surface area contributed by atoms with E-state index in [1.807, 2.05) is 32.0 Å². The number of phenols is 1. The number of carboxylic acids is 1. The van der Waals surface area contributed by atoms with Gasteiger partial charge in [-0.05, 0) is 37.1 Å². The molecule has 0 spiro atoms. The van der Waals surface area contributed by atoms with E-state index in [1.54, 1.807) is 12.1 Å². The molecule has 2 aromatic rings. The summed E-state index contributed by atoms with van der Waals surface area (Å²) in [5.74, 6) is -1.30. The topological polar surface area (TPSA) is 86.6 Å². The van der Waals surface area contributed by atoms with E-state index in [4.69, 9.17) is 0 Å². The zero-order chi connectivity index (χ0) is 17.7. The fourth-order valence-electron chi connectivity index (χ4n) is 2.67. The Morgan fingerprint density at radius 3 is 2.12 bits per heavy atom. The average molecular weight is 327 g/mol. The minimum absolute atomic E-state index is 0.115. The van der Waals surface area contributed by atoms with E-state index >= 15 is 0 Å². The number of carboxylic acid groups (broad SMARTS) is 1. The Bertz CT molecular complexity index is 717. The van der Waals surface area contributed by atoms with Crippen molar-refractivity contribution in [1.29, 1.82) is 0 Å². The quantitative estimate of drug-likeness (QED) is 0.760. The van der Waals surface area contributed by atoms with Gasteiger partial charge in [-0.1, -0.05) is 41.5 Å². The zero-order valence-corrected chi connectivity index (χ0v) is 13.7. The second-order valence-electron chi connectivity index (χ2n) is 6.00. The molecule has 1 amide bonds. The third-order valence-corrected chi connectivity index (χ3v) is 3.66. The van der Waals surface area contributed by atoms with Crippen molar-refractivity contribution in [1.82, 2.24) is 5.32 Å². The van der Waals surface area contributed by atoms with Gasteiger partial charge in [-0.15, -0.1) is 0 Å². The molecule has 2 rings (SSSR count). The predicted molar refractivity (Wildman–Crippen MR) is 91.0 cm³/mol.